The molecule has 14 heteroatoms. The number of thiophene rings is 1. The number of amides is 3. The molecule has 0 bridgehead atoms. The van der Waals surface area contributed by atoms with Crippen LogP contribution in [0.1, 0.15) is 78.7 Å². The number of alkyl carbamates (subject to hydrolysis) is 1. The van der Waals surface area contributed by atoms with E-state index in [1.54, 1.807) is 27.7 Å². The summed E-state index contributed by atoms with van der Waals surface area (Å²) in [7, 11) is 0. The summed E-state index contributed by atoms with van der Waals surface area (Å²) in [5.41, 5.74) is -1.35. The van der Waals surface area contributed by atoms with Crippen molar-refractivity contribution in [2.75, 3.05) is 13.2 Å². The maximum absolute atomic E-state index is 14.3. The summed E-state index contributed by atoms with van der Waals surface area (Å²) in [6, 6.07) is 2.09. The molecule has 251 valence electrons. The Morgan fingerprint density at radius 2 is 2.00 bits per heavy atom. The Bertz CT molecular complexity index is 1540. The van der Waals surface area contributed by atoms with E-state index in [2.05, 4.69) is 21.8 Å². The zero-order valence-corrected chi connectivity index (χ0v) is 31.0. The molecule has 0 spiro atoms. The third-order valence-corrected chi connectivity index (χ3v) is 9.24. The van der Waals surface area contributed by atoms with Crippen LogP contribution in [0.2, 0.25) is 0 Å². The van der Waals surface area contributed by atoms with E-state index in [9.17, 15) is 24.0 Å². The second-order valence-electron chi connectivity index (χ2n) is 13.1. The molecule has 5 rings (SSSR count). The summed E-state index contributed by atoms with van der Waals surface area (Å²) in [4.78, 5) is 69.4. The van der Waals surface area contributed by atoms with E-state index in [4.69, 9.17) is 9.47 Å². The monoisotopic (exact) mass is 741 g/mol. The second kappa shape index (κ2) is 15.5. The Balaban J connectivity index is 0.00000500. The summed E-state index contributed by atoms with van der Waals surface area (Å²) in [5.74, 6) is -1.74. The van der Waals surface area contributed by atoms with Crippen molar-refractivity contribution < 1.29 is 61.4 Å². The van der Waals surface area contributed by atoms with Crippen molar-refractivity contribution in [2.24, 2.45) is 5.92 Å². The van der Waals surface area contributed by atoms with Crippen LogP contribution in [0.4, 0.5) is 4.79 Å². The van der Waals surface area contributed by atoms with Crippen LogP contribution < -0.4 is 16.2 Å². The minimum Gasteiger partial charge on any atom is -0.464 e. The third kappa shape index (κ3) is 8.58. The number of esters is 1. The molecule has 5 atom stereocenters. The molecule has 1 saturated carbocycles. The number of allylic oxidation sites excluding steroid dienone is 1. The maximum Gasteiger partial charge on any atom is 0.408 e. The molecule has 2 aliphatic heterocycles. The Kier molecular flexibility index (Phi) is 12.2. The van der Waals surface area contributed by atoms with Crippen LogP contribution in [0.25, 0.3) is 11.1 Å². The molecular weight excluding hydrogens is 699 g/mol. The van der Waals surface area contributed by atoms with Gasteiger partial charge in [0.1, 0.15) is 23.2 Å². The fourth-order valence-electron chi connectivity index (χ4n) is 6.21. The van der Waals surface area contributed by atoms with Crippen LogP contribution in [0.5, 0.6) is 0 Å². The molecular formula is C33H42N5O7SY-. The van der Waals surface area contributed by atoms with Crippen molar-refractivity contribution in [3.63, 3.8) is 0 Å². The average Bonchev–Trinajstić information content (AvgIpc) is 3.31. The van der Waals surface area contributed by atoms with Gasteiger partial charge in [-0.1, -0.05) is 36.4 Å². The maximum atomic E-state index is 14.3. The first-order valence-electron chi connectivity index (χ1n) is 15.9. The van der Waals surface area contributed by atoms with Crippen LogP contribution in [-0.2, 0) is 56.6 Å². The molecule has 3 aliphatic rings. The van der Waals surface area contributed by atoms with Gasteiger partial charge in [-0.25, -0.2) is 14.7 Å². The SMILES string of the molecule is CCOC(=O)[C@@]12C[C@@H]1/C=C\CCCCC[C@H](NC(=O)OC(C)(C)C)C(=O)N1C[C@H](n3nc[c-]c(-c4ccsc4)c3=O)C[C@H]1C(=O)N2.[Y]. The molecule has 1 aliphatic carbocycles. The number of fused-ring (bicyclic) bond motifs is 2. The number of nitrogens with zero attached hydrogens (tertiary/aromatic N) is 3. The minimum atomic E-state index is -1.23. The summed E-state index contributed by atoms with van der Waals surface area (Å²) in [6.45, 7) is 7.08. The van der Waals surface area contributed by atoms with Crippen LogP contribution in [-0.4, -0.2) is 74.9 Å². The quantitative estimate of drug-likeness (QED) is 0.268. The Labute approximate surface area is 303 Å². The predicted molar refractivity (Wildman–Crippen MR) is 171 cm³/mol. The van der Waals surface area contributed by atoms with Crippen LogP contribution in [0, 0.1) is 12.0 Å². The van der Waals surface area contributed by atoms with Crippen LogP contribution >= 0.6 is 11.3 Å². The molecule has 0 aromatic carbocycles. The summed E-state index contributed by atoms with van der Waals surface area (Å²) in [6.07, 6.45) is 8.57. The van der Waals surface area contributed by atoms with Gasteiger partial charge in [0.25, 0.3) is 0 Å². The minimum absolute atomic E-state index is 0. The topological polar surface area (TPSA) is 149 Å². The first-order valence-corrected chi connectivity index (χ1v) is 16.9. The average molecular weight is 742 g/mol. The number of nitrogens with one attached hydrogen (secondary N) is 2. The van der Waals surface area contributed by atoms with Gasteiger partial charge in [-0.3, -0.25) is 14.3 Å². The fraction of sp³-hybridized carbons (Fsp3) is 0.576. The van der Waals surface area contributed by atoms with E-state index < -0.39 is 53.1 Å². The van der Waals surface area contributed by atoms with E-state index in [1.807, 2.05) is 29.0 Å². The van der Waals surface area contributed by atoms with Gasteiger partial charge in [0.2, 0.25) is 11.8 Å². The summed E-state index contributed by atoms with van der Waals surface area (Å²) >= 11 is 1.45. The van der Waals surface area contributed by atoms with E-state index in [0.717, 1.165) is 19.3 Å². The smallest absolute Gasteiger partial charge is 0.408 e. The molecule has 1 radical (unpaired) electrons. The van der Waals surface area contributed by atoms with E-state index >= 15 is 0 Å². The van der Waals surface area contributed by atoms with Crippen LogP contribution in [0.3, 0.4) is 0 Å². The molecule has 4 heterocycles. The van der Waals surface area contributed by atoms with Crippen molar-refractivity contribution in [1.82, 2.24) is 25.3 Å². The summed E-state index contributed by atoms with van der Waals surface area (Å²) < 4.78 is 12.1. The number of carbonyl (C=O) groups excluding carboxylic acids is 4. The van der Waals surface area contributed by atoms with Gasteiger partial charge in [0.05, 0.1) is 12.6 Å². The fourth-order valence-corrected chi connectivity index (χ4v) is 6.86. The number of hydrogen-bond acceptors (Lipinski definition) is 9. The Morgan fingerprint density at radius 1 is 1.21 bits per heavy atom. The zero-order valence-electron chi connectivity index (χ0n) is 27.3. The largest absolute Gasteiger partial charge is 0.464 e. The van der Waals surface area contributed by atoms with Crippen molar-refractivity contribution >= 4 is 35.2 Å². The van der Waals surface area contributed by atoms with Gasteiger partial charge >= 0.3 is 12.1 Å². The number of rotatable bonds is 5. The molecule has 2 N–H and O–H groups in total. The second-order valence-corrected chi connectivity index (χ2v) is 13.9. The first kappa shape index (κ1) is 36.9. The van der Waals surface area contributed by atoms with E-state index in [1.165, 1.54) is 27.1 Å². The number of hydrogen-bond donors (Lipinski definition) is 2. The van der Waals surface area contributed by atoms with E-state index in [0.29, 0.717) is 30.4 Å². The van der Waals surface area contributed by atoms with Crippen LogP contribution in [0.15, 0.2) is 40.0 Å². The number of aromatic nitrogens is 2. The Morgan fingerprint density at radius 3 is 2.70 bits per heavy atom. The van der Waals surface area contributed by atoms with Gasteiger partial charge in [-0.05, 0) is 71.4 Å². The normalized spacial score (nSPS) is 27.1. The first-order chi connectivity index (χ1) is 21.9. The molecule has 12 nitrogen and oxygen atoms in total. The molecule has 2 aromatic heterocycles. The Hall–Kier alpha value is -2.90. The van der Waals surface area contributed by atoms with Crippen molar-refractivity contribution in [3.05, 3.63) is 51.6 Å². The van der Waals surface area contributed by atoms with Gasteiger partial charge in [0, 0.05) is 45.2 Å². The standard InChI is InChI=1S/C33H42N5O7S.Y/c1-5-44-30(42)33-18-22(33)11-9-7-6-8-10-12-25(35-31(43)45-32(2,3)4)29(41)37-19-23(17-26(37)27(39)36-33)38-28(40)24(13-15-34-38)21-14-16-46-20-21;/h9,11,14-16,20,22-23,25-26H,5-8,10,12,17-19H2,1-4H3,(H,35,43)(H,36,39);/q-1;/b11-9-;/t22-,23+,25-,26-,33+;/m0./s1. The molecule has 47 heavy (non-hydrogen) atoms. The van der Waals surface area contributed by atoms with Crippen molar-refractivity contribution in [3.8, 4) is 11.1 Å². The zero-order chi connectivity index (χ0) is 33.1. The summed E-state index contributed by atoms with van der Waals surface area (Å²) in [5, 5.41) is 13.7. The molecule has 2 aromatic rings. The third-order valence-electron chi connectivity index (χ3n) is 8.56. The van der Waals surface area contributed by atoms with Crippen molar-refractivity contribution in [1.29, 1.82) is 0 Å². The van der Waals surface area contributed by atoms with Crippen molar-refractivity contribution in [2.45, 2.75) is 102 Å². The molecule has 3 amide bonds. The number of carbonyl (C=O) groups is 4. The van der Waals surface area contributed by atoms with Gasteiger partial charge in [-0.2, -0.15) is 11.3 Å². The molecule has 1 saturated heterocycles. The predicted octanol–water partition coefficient (Wildman–Crippen LogP) is 3.76. The molecule has 2 fully saturated rings. The van der Waals surface area contributed by atoms with Gasteiger partial charge in [0.15, 0.2) is 5.56 Å². The molecule has 0 unspecified atom stereocenters. The van der Waals surface area contributed by atoms with Gasteiger partial charge < -0.3 is 29.8 Å². The number of ether oxygens (including phenoxy) is 2. The van der Waals surface area contributed by atoms with Gasteiger partial charge in [-0.15, -0.1) is 17.2 Å². The van der Waals surface area contributed by atoms with E-state index in [-0.39, 0.29) is 63.8 Å².